The number of hydrogen-bond acceptors (Lipinski definition) is 5. The van der Waals surface area contributed by atoms with Crippen LogP contribution in [0.5, 0.6) is 11.5 Å². The Labute approximate surface area is 143 Å². The molecule has 0 aliphatic heterocycles. The number of fused-ring (bicyclic) bond motifs is 2. The van der Waals surface area contributed by atoms with Crippen molar-refractivity contribution in [1.29, 1.82) is 0 Å². The highest BCUT2D eigenvalue weighted by Crippen LogP contribution is 2.34. The Morgan fingerprint density at radius 3 is 2.56 bits per heavy atom. The number of carbonyl (C=O) groups is 1. The number of furan rings is 1. The van der Waals surface area contributed by atoms with E-state index in [0.29, 0.717) is 22.6 Å². The summed E-state index contributed by atoms with van der Waals surface area (Å²) in [6.45, 7) is 0. The van der Waals surface area contributed by atoms with Crippen LogP contribution in [0.2, 0.25) is 0 Å². The Hall–Kier alpha value is -3.34. The standard InChI is InChI=1S/C20H15NO4/c1-23-17-9-14-10-19(25-16(14)11-18(17)24-2)20(22)13-5-6-15-12(8-13)4-3-7-21-15/h3-11H,1-2H3. The lowest BCUT2D eigenvalue weighted by molar-refractivity contribution is 0.101. The van der Waals surface area contributed by atoms with Crippen LogP contribution in [0.3, 0.4) is 0 Å². The molecule has 5 heteroatoms. The molecule has 5 nitrogen and oxygen atoms in total. The fourth-order valence-corrected chi connectivity index (χ4v) is 2.84. The highest BCUT2D eigenvalue weighted by atomic mass is 16.5. The van der Waals surface area contributed by atoms with Crippen LogP contribution in [-0.2, 0) is 0 Å². The first-order chi connectivity index (χ1) is 12.2. The van der Waals surface area contributed by atoms with Crippen molar-refractivity contribution in [3.63, 3.8) is 0 Å². The van der Waals surface area contributed by atoms with Crippen molar-refractivity contribution in [2.75, 3.05) is 14.2 Å². The second kappa shape index (κ2) is 5.94. The second-order valence-corrected chi connectivity index (χ2v) is 5.60. The molecule has 4 rings (SSSR count). The van der Waals surface area contributed by atoms with Gasteiger partial charge >= 0.3 is 0 Å². The van der Waals surface area contributed by atoms with Crippen molar-refractivity contribution in [3.8, 4) is 11.5 Å². The van der Waals surface area contributed by atoms with Crippen molar-refractivity contribution in [3.05, 3.63) is 66.1 Å². The first-order valence-corrected chi connectivity index (χ1v) is 7.74. The predicted octanol–water partition coefficient (Wildman–Crippen LogP) is 4.23. The number of ketones is 1. The van der Waals surface area contributed by atoms with Crippen molar-refractivity contribution in [2.24, 2.45) is 0 Å². The van der Waals surface area contributed by atoms with Crippen LogP contribution in [0.4, 0.5) is 0 Å². The van der Waals surface area contributed by atoms with Crippen LogP contribution in [0, 0.1) is 0 Å². The Bertz CT molecular complexity index is 1060. The van der Waals surface area contributed by atoms with E-state index in [1.165, 1.54) is 0 Å². The van der Waals surface area contributed by atoms with Gasteiger partial charge in [0.05, 0.1) is 19.7 Å². The molecule has 0 saturated heterocycles. The van der Waals surface area contributed by atoms with E-state index in [9.17, 15) is 4.79 Å². The fraction of sp³-hybridized carbons (Fsp3) is 0.100. The molecule has 0 aliphatic carbocycles. The van der Waals surface area contributed by atoms with Crippen molar-refractivity contribution < 1.29 is 18.7 Å². The number of carbonyl (C=O) groups excluding carboxylic acids is 1. The van der Waals surface area contributed by atoms with E-state index >= 15 is 0 Å². The fourth-order valence-electron chi connectivity index (χ4n) is 2.84. The normalized spacial score (nSPS) is 11.0. The van der Waals surface area contributed by atoms with Crippen LogP contribution in [0.25, 0.3) is 21.9 Å². The van der Waals surface area contributed by atoms with Crippen LogP contribution in [0.15, 0.2) is 59.1 Å². The first-order valence-electron chi connectivity index (χ1n) is 7.74. The molecular weight excluding hydrogens is 318 g/mol. The number of nitrogens with zero attached hydrogens (tertiary/aromatic N) is 1. The highest BCUT2D eigenvalue weighted by Gasteiger charge is 2.17. The van der Waals surface area contributed by atoms with Crippen molar-refractivity contribution in [2.45, 2.75) is 0 Å². The highest BCUT2D eigenvalue weighted by molar-refractivity contribution is 6.10. The molecule has 0 bridgehead atoms. The number of ether oxygens (including phenoxy) is 2. The summed E-state index contributed by atoms with van der Waals surface area (Å²) in [6.07, 6.45) is 1.73. The van der Waals surface area contributed by atoms with Gasteiger partial charge in [-0.2, -0.15) is 0 Å². The van der Waals surface area contributed by atoms with E-state index in [2.05, 4.69) is 4.98 Å². The van der Waals surface area contributed by atoms with Gasteiger partial charge in [-0.1, -0.05) is 6.07 Å². The van der Waals surface area contributed by atoms with Crippen LogP contribution >= 0.6 is 0 Å². The Morgan fingerprint density at radius 2 is 1.76 bits per heavy atom. The Kier molecular flexibility index (Phi) is 3.61. The molecular formula is C20H15NO4. The smallest absolute Gasteiger partial charge is 0.228 e. The van der Waals surface area contributed by atoms with Crippen LogP contribution < -0.4 is 9.47 Å². The summed E-state index contributed by atoms with van der Waals surface area (Å²) in [5, 5.41) is 1.69. The molecule has 0 aliphatic rings. The van der Waals surface area contributed by atoms with E-state index in [-0.39, 0.29) is 11.5 Å². The first kappa shape index (κ1) is 15.2. The largest absolute Gasteiger partial charge is 0.493 e. The van der Waals surface area contributed by atoms with E-state index in [0.717, 1.165) is 16.3 Å². The molecule has 0 N–H and O–H groups in total. The number of pyridine rings is 1. The van der Waals surface area contributed by atoms with Gasteiger partial charge in [0.2, 0.25) is 5.78 Å². The molecule has 0 saturated carbocycles. The van der Waals surface area contributed by atoms with E-state index in [1.54, 1.807) is 44.7 Å². The van der Waals surface area contributed by atoms with E-state index in [1.807, 2.05) is 24.3 Å². The Balaban J connectivity index is 1.78. The zero-order valence-electron chi connectivity index (χ0n) is 13.8. The van der Waals surface area contributed by atoms with Crippen molar-refractivity contribution >= 4 is 27.7 Å². The molecule has 0 spiro atoms. The number of methoxy groups -OCH3 is 2. The quantitative estimate of drug-likeness (QED) is 0.523. The third-order valence-corrected chi connectivity index (χ3v) is 4.11. The zero-order valence-corrected chi connectivity index (χ0v) is 13.8. The van der Waals surface area contributed by atoms with Gasteiger partial charge in [0.15, 0.2) is 17.3 Å². The molecule has 4 aromatic rings. The van der Waals surface area contributed by atoms with Gasteiger partial charge < -0.3 is 13.9 Å². The molecule has 2 aromatic carbocycles. The molecule has 0 amide bonds. The third-order valence-electron chi connectivity index (χ3n) is 4.11. The summed E-state index contributed by atoms with van der Waals surface area (Å²) in [5.74, 6) is 1.24. The summed E-state index contributed by atoms with van der Waals surface area (Å²) >= 11 is 0. The lowest BCUT2D eigenvalue weighted by Crippen LogP contribution is -1.99. The van der Waals surface area contributed by atoms with E-state index in [4.69, 9.17) is 13.9 Å². The van der Waals surface area contributed by atoms with Gasteiger partial charge in [-0.05, 0) is 36.4 Å². The minimum absolute atomic E-state index is 0.181. The lowest BCUT2D eigenvalue weighted by atomic mass is 10.1. The minimum atomic E-state index is -0.181. The average molecular weight is 333 g/mol. The summed E-state index contributed by atoms with van der Waals surface area (Å²) in [7, 11) is 3.13. The summed E-state index contributed by atoms with van der Waals surface area (Å²) < 4.78 is 16.3. The summed E-state index contributed by atoms with van der Waals surface area (Å²) in [4.78, 5) is 17.1. The number of rotatable bonds is 4. The molecule has 0 unspecified atom stereocenters. The lowest BCUT2D eigenvalue weighted by Gasteiger charge is -2.06. The maximum absolute atomic E-state index is 12.8. The molecule has 0 fully saturated rings. The van der Waals surface area contributed by atoms with E-state index < -0.39 is 0 Å². The van der Waals surface area contributed by atoms with Gasteiger partial charge in [-0.3, -0.25) is 9.78 Å². The molecule has 0 radical (unpaired) electrons. The molecule has 25 heavy (non-hydrogen) atoms. The SMILES string of the molecule is COc1cc2cc(C(=O)c3ccc4ncccc4c3)oc2cc1OC. The zero-order chi connectivity index (χ0) is 17.4. The summed E-state index contributed by atoms with van der Waals surface area (Å²) in [5.41, 5.74) is 1.97. The Morgan fingerprint density at radius 1 is 0.960 bits per heavy atom. The monoisotopic (exact) mass is 333 g/mol. The molecule has 2 aromatic heterocycles. The second-order valence-electron chi connectivity index (χ2n) is 5.60. The van der Waals surface area contributed by atoms with Gasteiger partial charge in [0, 0.05) is 28.6 Å². The number of aromatic nitrogens is 1. The molecule has 124 valence electrons. The minimum Gasteiger partial charge on any atom is -0.493 e. The topological polar surface area (TPSA) is 61.6 Å². The predicted molar refractivity (Wildman–Crippen MR) is 94.5 cm³/mol. The maximum Gasteiger partial charge on any atom is 0.228 e. The van der Waals surface area contributed by atoms with Gasteiger partial charge in [-0.15, -0.1) is 0 Å². The van der Waals surface area contributed by atoms with Gasteiger partial charge in [-0.25, -0.2) is 0 Å². The van der Waals surface area contributed by atoms with Crippen LogP contribution in [0.1, 0.15) is 16.1 Å². The third kappa shape index (κ3) is 2.59. The maximum atomic E-state index is 12.8. The van der Waals surface area contributed by atoms with Gasteiger partial charge in [0.1, 0.15) is 5.58 Å². The van der Waals surface area contributed by atoms with Crippen molar-refractivity contribution in [1.82, 2.24) is 4.98 Å². The summed E-state index contributed by atoms with van der Waals surface area (Å²) in [6, 6.07) is 14.4. The van der Waals surface area contributed by atoms with Crippen LogP contribution in [-0.4, -0.2) is 25.0 Å². The molecule has 2 heterocycles. The van der Waals surface area contributed by atoms with Gasteiger partial charge in [0.25, 0.3) is 0 Å². The molecule has 0 atom stereocenters. The number of hydrogen-bond donors (Lipinski definition) is 0. The average Bonchev–Trinajstić information content (AvgIpc) is 3.08. The number of benzene rings is 2.